The third-order valence-corrected chi connectivity index (χ3v) is 4.83. The second-order valence-electron chi connectivity index (χ2n) is 6.59. The van der Waals surface area contributed by atoms with Crippen molar-refractivity contribution in [1.82, 2.24) is 4.98 Å². The van der Waals surface area contributed by atoms with Gasteiger partial charge in [-0.1, -0.05) is 48.5 Å². The maximum atomic E-state index is 11.3. The SMILES string of the molecule is O=C(O)c1ccncc1N/C=C/C1CCOc2cc(-c3ccccc3)ccc21. The molecule has 0 spiro atoms. The summed E-state index contributed by atoms with van der Waals surface area (Å²) in [6, 6.07) is 18.0. The maximum Gasteiger partial charge on any atom is 0.337 e. The Morgan fingerprint density at radius 1 is 1.14 bits per heavy atom. The van der Waals surface area contributed by atoms with Crippen LogP contribution in [0.25, 0.3) is 11.1 Å². The Labute approximate surface area is 163 Å². The lowest BCUT2D eigenvalue weighted by atomic mass is 9.91. The summed E-state index contributed by atoms with van der Waals surface area (Å²) in [5.74, 6) is 0.115. The molecule has 0 radical (unpaired) electrons. The highest BCUT2D eigenvalue weighted by molar-refractivity contribution is 5.94. The van der Waals surface area contributed by atoms with Crippen LogP contribution < -0.4 is 10.1 Å². The van der Waals surface area contributed by atoms with Gasteiger partial charge in [-0.3, -0.25) is 4.98 Å². The molecule has 3 aromatic rings. The van der Waals surface area contributed by atoms with Crippen LogP contribution in [0, 0.1) is 0 Å². The predicted octanol–water partition coefficient (Wildman–Crippen LogP) is 4.94. The first-order valence-corrected chi connectivity index (χ1v) is 9.15. The van der Waals surface area contributed by atoms with E-state index >= 15 is 0 Å². The predicted molar refractivity (Wildman–Crippen MR) is 109 cm³/mol. The molecule has 2 aromatic carbocycles. The minimum Gasteiger partial charge on any atom is -0.493 e. The fourth-order valence-corrected chi connectivity index (χ4v) is 3.38. The zero-order chi connectivity index (χ0) is 19.3. The van der Waals surface area contributed by atoms with Crippen LogP contribution in [0.5, 0.6) is 5.75 Å². The number of allylic oxidation sites excluding steroid dienone is 1. The minimum atomic E-state index is -0.983. The molecular formula is C23H20N2O3. The van der Waals surface area contributed by atoms with Crippen LogP contribution in [0.3, 0.4) is 0 Å². The molecular weight excluding hydrogens is 352 g/mol. The van der Waals surface area contributed by atoms with E-state index in [1.807, 2.05) is 24.3 Å². The molecule has 2 N–H and O–H groups in total. The summed E-state index contributed by atoms with van der Waals surface area (Å²) in [5, 5.41) is 12.3. The zero-order valence-electron chi connectivity index (χ0n) is 15.2. The number of nitrogens with one attached hydrogen (secondary N) is 1. The van der Waals surface area contributed by atoms with E-state index in [2.05, 4.69) is 40.6 Å². The van der Waals surface area contributed by atoms with Crippen molar-refractivity contribution in [3.63, 3.8) is 0 Å². The van der Waals surface area contributed by atoms with E-state index in [9.17, 15) is 9.90 Å². The third-order valence-electron chi connectivity index (χ3n) is 4.83. The molecule has 0 aliphatic carbocycles. The molecule has 1 aromatic heterocycles. The van der Waals surface area contributed by atoms with Gasteiger partial charge in [0.2, 0.25) is 0 Å². The fourth-order valence-electron chi connectivity index (χ4n) is 3.38. The van der Waals surface area contributed by atoms with Crippen molar-refractivity contribution in [3.05, 3.63) is 90.4 Å². The first-order chi connectivity index (χ1) is 13.7. The number of hydrogen-bond acceptors (Lipinski definition) is 4. The van der Waals surface area contributed by atoms with Crippen LogP contribution in [-0.4, -0.2) is 22.7 Å². The highest BCUT2D eigenvalue weighted by Gasteiger charge is 2.20. The van der Waals surface area contributed by atoms with Gasteiger partial charge in [-0.2, -0.15) is 0 Å². The van der Waals surface area contributed by atoms with E-state index in [-0.39, 0.29) is 11.5 Å². The Balaban J connectivity index is 1.54. The van der Waals surface area contributed by atoms with Crippen molar-refractivity contribution < 1.29 is 14.6 Å². The molecule has 1 atom stereocenters. The van der Waals surface area contributed by atoms with Gasteiger partial charge in [-0.25, -0.2) is 4.79 Å². The van der Waals surface area contributed by atoms with E-state index in [1.165, 1.54) is 18.5 Å². The van der Waals surface area contributed by atoms with Crippen LogP contribution >= 0.6 is 0 Å². The molecule has 0 saturated carbocycles. The average Bonchev–Trinajstić information content (AvgIpc) is 2.74. The first-order valence-electron chi connectivity index (χ1n) is 9.15. The Bertz CT molecular complexity index is 1020. The number of pyridine rings is 1. The molecule has 1 aliphatic rings. The van der Waals surface area contributed by atoms with Crippen molar-refractivity contribution in [2.24, 2.45) is 0 Å². The molecule has 140 valence electrons. The van der Waals surface area contributed by atoms with Gasteiger partial charge >= 0.3 is 5.97 Å². The standard InChI is InChI=1S/C23H20N2O3/c26-23(27)20-9-11-24-15-21(20)25-12-8-17-10-13-28-22-14-18(6-7-19(17)22)16-4-2-1-3-5-16/h1-9,11-12,14-15,17,25H,10,13H2,(H,26,27)/b12-8+. The number of carboxylic acid groups (broad SMARTS) is 1. The number of aromatic nitrogens is 1. The number of anilines is 1. The van der Waals surface area contributed by atoms with Gasteiger partial charge in [0.05, 0.1) is 24.1 Å². The number of hydrogen-bond donors (Lipinski definition) is 2. The second kappa shape index (κ2) is 7.96. The lowest BCUT2D eigenvalue weighted by molar-refractivity contribution is 0.0698. The minimum absolute atomic E-state index is 0.194. The first kappa shape index (κ1) is 17.8. The lowest BCUT2D eigenvalue weighted by Gasteiger charge is -2.24. The maximum absolute atomic E-state index is 11.3. The molecule has 4 rings (SSSR count). The molecule has 1 aliphatic heterocycles. The summed E-state index contributed by atoms with van der Waals surface area (Å²) in [6.07, 6.45) is 7.68. The highest BCUT2D eigenvalue weighted by Crippen LogP contribution is 2.37. The number of benzene rings is 2. The quantitative estimate of drug-likeness (QED) is 0.664. The molecule has 5 nitrogen and oxygen atoms in total. The smallest absolute Gasteiger partial charge is 0.337 e. The number of carboxylic acids is 1. The van der Waals surface area contributed by atoms with Crippen molar-refractivity contribution in [2.75, 3.05) is 11.9 Å². The Morgan fingerprint density at radius 3 is 2.82 bits per heavy atom. The van der Waals surface area contributed by atoms with Crippen molar-refractivity contribution >= 4 is 11.7 Å². The molecule has 28 heavy (non-hydrogen) atoms. The summed E-state index contributed by atoms with van der Waals surface area (Å²) >= 11 is 0. The van der Waals surface area contributed by atoms with Crippen LogP contribution in [0.4, 0.5) is 5.69 Å². The second-order valence-corrected chi connectivity index (χ2v) is 6.59. The zero-order valence-corrected chi connectivity index (χ0v) is 15.2. The van der Waals surface area contributed by atoms with Crippen LogP contribution in [0.1, 0.15) is 28.3 Å². The monoisotopic (exact) mass is 372 g/mol. The van der Waals surface area contributed by atoms with Crippen molar-refractivity contribution in [3.8, 4) is 16.9 Å². The van der Waals surface area contributed by atoms with Gasteiger partial charge in [0.15, 0.2) is 0 Å². The molecule has 2 heterocycles. The fraction of sp³-hybridized carbons (Fsp3) is 0.130. The summed E-state index contributed by atoms with van der Waals surface area (Å²) in [5.41, 5.74) is 4.08. The summed E-state index contributed by atoms with van der Waals surface area (Å²) in [7, 11) is 0. The van der Waals surface area contributed by atoms with E-state index in [1.54, 1.807) is 6.20 Å². The van der Waals surface area contributed by atoms with E-state index in [4.69, 9.17) is 4.74 Å². The normalized spacial score (nSPS) is 15.6. The van der Waals surface area contributed by atoms with Crippen molar-refractivity contribution in [2.45, 2.75) is 12.3 Å². The Hall–Kier alpha value is -3.60. The van der Waals surface area contributed by atoms with Gasteiger partial charge in [-0.15, -0.1) is 0 Å². The number of ether oxygens (including phenoxy) is 1. The molecule has 0 saturated heterocycles. The number of fused-ring (bicyclic) bond motifs is 1. The molecule has 0 bridgehead atoms. The lowest BCUT2D eigenvalue weighted by Crippen LogP contribution is -2.13. The molecule has 0 amide bonds. The Morgan fingerprint density at radius 2 is 2.00 bits per heavy atom. The molecule has 1 unspecified atom stereocenters. The molecule has 5 heteroatoms. The number of nitrogens with zero attached hydrogens (tertiary/aromatic N) is 1. The largest absolute Gasteiger partial charge is 0.493 e. The Kier molecular flexibility index (Phi) is 5.06. The van der Waals surface area contributed by atoms with Crippen LogP contribution in [0.2, 0.25) is 0 Å². The van der Waals surface area contributed by atoms with Gasteiger partial charge in [0.1, 0.15) is 5.75 Å². The van der Waals surface area contributed by atoms with Gasteiger partial charge in [0, 0.05) is 17.7 Å². The van der Waals surface area contributed by atoms with Gasteiger partial charge < -0.3 is 15.2 Å². The van der Waals surface area contributed by atoms with Crippen LogP contribution in [0.15, 0.2) is 79.3 Å². The van der Waals surface area contributed by atoms with E-state index in [0.29, 0.717) is 12.3 Å². The summed E-state index contributed by atoms with van der Waals surface area (Å²) in [6.45, 7) is 0.646. The average molecular weight is 372 g/mol. The van der Waals surface area contributed by atoms with Gasteiger partial charge in [0.25, 0.3) is 0 Å². The number of rotatable bonds is 5. The number of aromatic carboxylic acids is 1. The van der Waals surface area contributed by atoms with Crippen LogP contribution in [-0.2, 0) is 0 Å². The third kappa shape index (κ3) is 3.74. The number of carbonyl (C=O) groups is 1. The summed E-state index contributed by atoms with van der Waals surface area (Å²) < 4.78 is 5.89. The molecule has 0 fully saturated rings. The highest BCUT2D eigenvalue weighted by atomic mass is 16.5. The van der Waals surface area contributed by atoms with Gasteiger partial charge in [-0.05, 0) is 35.9 Å². The van der Waals surface area contributed by atoms with E-state index < -0.39 is 5.97 Å². The van der Waals surface area contributed by atoms with Crippen molar-refractivity contribution in [1.29, 1.82) is 0 Å². The topological polar surface area (TPSA) is 71.5 Å². The van der Waals surface area contributed by atoms with E-state index in [0.717, 1.165) is 28.9 Å². The summed E-state index contributed by atoms with van der Waals surface area (Å²) in [4.78, 5) is 15.3.